The molecule has 0 heterocycles. The van der Waals surface area contributed by atoms with Crippen LogP contribution in [0, 0.1) is 11.6 Å². The van der Waals surface area contributed by atoms with Crippen LogP contribution in [0.5, 0.6) is 5.75 Å². The van der Waals surface area contributed by atoms with Crippen molar-refractivity contribution in [3.8, 4) is 5.75 Å². The molecule has 0 radical (unpaired) electrons. The predicted octanol–water partition coefficient (Wildman–Crippen LogP) is 3.99. The van der Waals surface area contributed by atoms with Crippen molar-refractivity contribution in [2.24, 2.45) is 0 Å². The number of carbonyl (C=O) groups excluding carboxylic acids is 1. The molecule has 144 valence electrons. The Morgan fingerprint density at radius 3 is 2.68 bits per heavy atom. The quantitative estimate of drug-likeness (QED) is 0.633. The van der Waals surface area contributed by atoms with Gasteiger partial charge in [-0.05, 0) is 46.7 Å². The lowest BCUT2D eigenvalue weighted by Crippen LogP contribution is -2.29. The van der Waals surface area contributed by atoms with Gasteiger partial charge in [-0.1, -0.05) is 30.3 Å². The van der Waals surface area contributed by atoms with Crippen molar-refractivity contribution in [1.82, 2.24) is 5.32 Å². The lowest BCUT2D eigenvalue weighted by atomic mass is 10.0. The number of fused-ring (bicyclic) bond motifs is 1. The molecular formula is C22H19F2NO3. The first kappa shape index (κ1) is 19.5. The number of ether oxygens (including phenoxy) is 1. The summed E-state index contributed by atoms with van der Waals surface area (Å²) in [6.07, 6.45) is 2.29. The third kappa shape index (κ3) is 4.35. The summed E-state index contributed by atoms with van der Waals surface area (Å²) >= 11 is 0. The Kier molecular flexibility index (Phi) is 6.01. The summed E-state index contributed by atoms with van der Waals surface area (Å²) in [6.45, 7) is -0.316. The van der Waals surface area contributed by atoms with Gasteiger partial charge in [0.2, 0.25) is 5.91 Å². The number of carbonyl (C=O) groups is 1. The van der Waals surface area contributed by atoms with Crippen LogP contribution in [0.15, 0.2) is 60.7 Å². The molecule has 3 aromatic carbocycles. The molecule has 0 aliphatic carbocycles. The fourth-order valence-corrected chi connectivity index (χ4v) is 2.86. The first-order chi connectivity index (χ1) is 13.5. The highest BCUT2D eigenvalue weighted by molar-refractivity contribution is 5.92. The topological polar surface area (TPSA) is 58.6 Å². The molecule has 0 spiro atoms. The van der Waals surface area contributed by atoms with Crippen LogP contribution >= 0.6 is 0 Å². The summed E-state index contributed by atoms with van der Waals surface area (Å²) in [5, 5.41) is 14.3. The van der Waals surface area contributed by atoms with Crippen LogP contribution in [0.4, 0.5) is 8.78 Å². The van der Waals surface area contributed by atoms with Gasteiger partial charge in [-0.25, -0.2) is 8.78 Å². The number of halogens is 2. The predicted molar refractivity (Wildman–Crippen MR) is 104 cm³/mol. The Morgan fingerprint density at radius 2 is 1.93 bits per heavy atom. The first-order valence-electron chi connectivity index (χ1n) is 8.63. The number of amides is 1. The molecule has 0 saturated carbocycles. The molecule has 4 nitrogen and oxygen atoms in total. The van der Waals surface area contributed by atoms with E-state index in [9.17, 15) is 18.7 Å². The number of benzene rings is 3. The smallest absolute Gasteiger partial charge is 0.244 e. The van der Waals surface area contributed by atoms with Gasteiger partial charge in [-0.3, -0.25) is 4.79 Å². The fourth-order valence-electron chi connectivity index (χ4n) is 2.86. The number of hydrogen-bond donors (Lipinski definition) is 2. The van der Waals surface area contributed by atoms with Gasteiger partial charge < -0.3 is 15.2 Å². The summed E-state index contributed by atoms with van der Waals surface area (Å²) in [5.74, 6) is -1.83. The van der Waals surface area contributed by atoms with E-state index in [2.05, 4.69) is 5.32 Å². The Balaban J connectivity index is 1.77. The summed E-state index contributed by atoms with van der Waals surface area (Å²) in [4.78, 5) is 12.2. The maximum Gasteiger partial charge on any atom is 0.244 e. The number of aliphatic hydroxyl groups is 1. The number of methoxy groups -OCH3 is 1. The van der Waals surface area contributed by atoms with Crippen LogP contribution in [0.2, 0.25) is 0 Å². The molecule has 1 atom stereocenters. The number of aliphatic hydroxyl groups excluding tert-OH is 1. The summed E-state index contributed by atoms with van der Waals surface area (Å²) in [7, 11) is 1.58. The molecule has 0 bridgehead atoms. The highest BCUT2D eigenvalue weighted by Crippen LogP contribution is 2.24. The molecule has 6 heteroatoms. The second kappa shape index (κ2) is 8.63. The zero-order chi connectivity index (χ0) is 20.1. The van der Waals surface area contributed by atoms with Crippen molar-refractivity contribution in [1.29, 1.82) is 0 Å². The van der Waals surface area contributed by atoms with Gasteiger partial charge in [0.1, 0.15) is 5.75 Å². The summed E-state index contributed by atoms with van der Waals surface area (Å²) in [5.41, 5.74) is 0.676. The van der Waals surface area contributed by atoms with Crippen molar-refractivity contribution in [3.63, 3.8) is 0 Å². The molecule has 3 rings (SSSR count). The van der Waals surface area contributed by atoms with Gasteiger partial charge >= 0.3 is 0 Å². The molecule has 0 saturated heterocycles. The molecule has 0 unspecified atom stereocenters. The van der Waals surface area contributed by atoms with Crippen molar-refractivity contribution in [2.75, 3.05) is 13.7 Å². The highest BCUT2D eigenvalue weighted by Gasteiger charge is 2.13. The normalized spacial score (nSPS) is 12.3. The Bertz CT molecular complexity index is 1030. The van der Waals surface area contributed by atoms with E-state index in [0.717, 1.165) is 22.9 Å². The van der Waals surface area contributed by atoms with Crippen molar-refractivity contribution in [2.45, 2.75) is 6.04 Å². The van der Waals surface area contributed by atoms with E-state index in [1.165, 1.54) is 18.2 Å². The third-order valence-electron chi connectivity index (χ3n) is 4.37. The minimum Gasteiger partial charge on any atom is -0.497 e. The Labute approximate surface area is 161 Å². The maximum atomic E-state index is 13.6. The van der Waals surface area contributed by atoms with E-state index < -0.39 is 23.6 Å². The van der Waals surface area contributed by atoms with E-state index in [-0.39, 0.29) is 12.2 Å². The second-order valence-electron chi connectivity index (χ2n) is 6.19. The van der Waals surface area contributed by atoms with Gasteiger partial charge in [0.05, 0.1) is 19.8 Å². The SMILES string of the molecule is COc1ccc2ccc([C@H](CO)NC(=O)C=Cc3cccc(F)c3F)cc2c1. The van der Waals surface area contributed by atoms with E-state index >= 15 is 0 Å². The largest absolute Gasteiger partial charge is 0.497 e. The number of hydrogen-bond acceptors (Lipinski definition) is 3. The lowest BCUT2D eigenvalue weighted by Gasteiger charge is -2.16. The summed E-state index contributed by atoms with van der Waals surface area (Å²) in [6, 6.07) is 14.3. The van der Waals surface area contributed by atoms with Crippen LogP contribution in [0.1, 0.15) is 17.2 Å². The van der Waals surface area contributed by atoms with Crippen LogP contribution in [0.3, 0.4) is 0 Å². The van der Waals surface area contributed by atoms with Crippen LogP contribution in [-0.2, 0) is 4.79 Å². The molecular weight excluding hydrogens is 364 g/mol. The standard InChI is InChI=1S/C22H19F2NO3/c1-28-18-9-7-14-5-6-16(11-17(14)12-18)20(13-26)25-21(27)10-8-15-3-2-4-19(23)22(15)24/h2-12,20,26H,13H2,1H3,(H,25,27)/t20-/m0/s1. The van der Waals surface area contributed by atoms with Crippen LogP contribution in [0.25, 0.3) is 16.8 Å². The molecule has 3 aromatic rings. The van der Waals surface area contributed by atoms with Crippen LogP contribution in [-0.4, -0.2) is 24.7 Å². The monoisotopic (exact) mass is 383 g/mol. The van der Waals surface area contributed by atoms with E-state index in [1.807, 2.05) is 36.4 Å². The molecule has 1 amide bonds. The second-order valence-corrected chi connectivity index (χ2v) is 6.19. The Morgan fingerprint density at radius 1 is 1.14 bits per heavy atom. The van der Waals surface area contributed by atoms with Crippen molar-refractivity contribution in [3.05, 3.63) is 83.4 Å². The van der Waals surface area contributed by atoms with Crippen LogP contribution < -0.4 is 10.1 Å². The average Bonchev–Trinajstić information content (AvgIpc) is 2.72. The van der Waals surface area contributed by atoms with E-state index in [4.69, 9.17) is 4.74 Å². The summed E-state index contributed by atoms with van der Waals surface area (Å²) < 4.78 is 32.1. The van der Waals surface area contributed by atoms with Gasteiger partial charge in [0, 0.05) is 11.6 Å². The van der Waals surface area contributed by atoms with Gasteiger partial charge in [0.15, 0.2) is 11.6 Å². The molecule has 0 fully saturated rings. The van der Waals surface area contributed by atoms with Crippen molar-refractivity contribution >= 4 is 22.8 Å². The molecule has 2 N–H and O–H groups in total. The van der Waals surface area contributed by atoms with E-state index in [0.29, 0.717) is 11.3 Å². The first-order valence-corrected chi connectivity index (χ1v) is 8.63. The van der Waals surface area contributed by atoms with Gasteiger partial charge in [-0.2, -0.15) is 0 Å². The zero-order valence-corrected chi connectivity index (χ0v) is 15.2. The number of nitrogens with one attached hydrogen (secondary N) is 1. The third-order valence-corrected chi connectivity index (χ3v) is 4.37. The lowest BCUT2D eigenvalue weighted by molar-refractivity contribution is -0.117. The van der Waals surface area contributed by atoms with Gasteiger partial charge in [0.25, 0.3) is 0 Å². The number of rotatable bonds is 6. The Hall–Kier alpha value is -3.25. The van der Waals surface area contributed by atoms with Crippen molar-refractivity contribution < 1.29 is 23.4 Å². The van der Waals surface area contributed by atoms with Gasteiger partial charge in [-0.15, -0.1) is 0 Å². The minimum atomic E-state index is -1.02. The molecule has 0 aliphatic heterocycles. The maximum absolute atomic E-state index is 13.6. The average molecular weight is 383 g/mol. The molecule has 0 aliphatic rings. The minimum absolute atomic E-state index is 0.0338. The molecule has 28 heavy (non-hydrogen) atoms. The van der Waals surface area contributed by atoms with E-state index in [1.54, 1.807) is 7.11 Å². The fraction of sp³-hybridized carbons (Fsp3) is 0.136. The molecule has 0 aromatic heterocycles. The zero-order valence-electron chi connectivity index (χ0n) is 15.2. The highest BCUT2D eigenvalue weighted by atomic mass is 19.2.